The molecule has 0 heterocycles. The highest BCUT2D eigenvalue weighted by molar-refractivity contribution is 6.36. The molecule has 4 nitrogen and oxygen atoms in total. The first-order valence-electron chi connectivity index (χ1n) is 5.14. The second-order valence-electron chi connectivity index (χ2n) is 3.53. The fraction of sp³-hybridized carbons (Fsp3) is 0.231. The van der Waals surface area contributed by atoms with Crippen LogP contribution in [0.2, 0.25) is 0 Å². The van der Waals surface area contributed by atoms with Gasteiger partial charge in [-0.1, -0.05) is 12.5 Å². The standard InChI is InChI=1S/C13H15N3O/c1-5-15-16-12-7-6-11(9(2)10(12)3)13(8-17)14-4/h1,6-8,15-16H,2-4H3. The summed E-state index contributed by atoms with van der Waals surface area (Å²) >= 11 is 0. The molecule has 4 heteroatoms. The maximum Gasteiger partial charge on any atom is 0.168 e. The van der Waals surface area contributed by atoms with Crippen LogP contribution in [0, 0.1) is 26.3 Å². The first-order valence-corrected chi connectivity index (χ1v) is 5.14. The Labute approximate surface area is 101 Å². The number of rotatable bonds is 4. The molecule has 1 aromatic carbocycles. The van der Waals surface area contributed by atoms with Crippen molar-refractivity contribution in [2.75, 3.05) is 12.5 Å². The number of carbonyl (C=O) groups excluding carboxylic acids is 1. The number of benzene rings is 1. The maximum absolute atomic E-state index is 10.9. The van der Waals surface area contributed by atoms with Crippen molar-refractivity contribution in [3.05, 3.63) is 28.8 Å². The second kappa shape index (κ2) is 5.71. The van der Waals surface area contributed by atoms with E-state index in [0.717, 1.165) is 28.7 Å². The first-order chi connectivity index (χ1) is 8.15. The lowest BCUT2D eigenvalue weighted by Gasteiger charge is -2.13. The third-order valence-corrected chi connectivity index (χ3v) is 2.69. The van der Waals surface area contributed by atoms with Crippen LogP contribution in [0.3, 0.4) is 0 Å². The maximum atomic E-state index is 10.9. The van der Waals surface area contributed by atoms with Crippen molar-refractivity contribution in [1.82, 2.24) is 5.43 Å². The van der Waals surface area contributed by atoms with Crippen LogP contribution >= 0.6 is 0 Å². The lowest BCUT2D eigenvalue weighted by molar-refractivity contribution is -0.102. The van der Waals surface area contributed by atoms with Crippen LogP contribution in [0.15, 0.2) is 17.1 Å². The molecule has 0 aliphatic rings. The van der Waals surface area contributed by atoms with Crippen LogP contribution < -0.4 is 10.9 Å². The van der Waals surface area contributed by atoms with E-state index in [1.165, 1.54) is 0 Å². The average molecular weight is 229 g/mol. The molecule has 0 aliphatic carbocycles. The van der Waals surface area contributed by atoms with E-state index in [2.05, 4.69) is 21.9 Å². The molecular weight excluding hydrogens is 214 g/mol. The molecule has 0 amide bonds. The fourth-order valence-electron chi connectivity index (χ4n) is 1.57. The SMILES string of the molecule is C#CNNc1ccc(C(C=O)=NC)c(C)c1C. The zero-order valence-electron chi connectivity index (χ0n) is 10.2. The van der Waals surface area contributed by atoms with E-state index in [4.69, 9.17) is 6.42 Å². The van der Waals surface area contributed by atoms with Crippen LogP contribution in [-0.2, 0) is 4.79 Å². The molecule has 0 saturated heterocycles. The Hall–Kier alpha value is -2.28. The van der Waals surface area contributed by atoms with Crippen LogP contribution in [-0.4, -0.2) is 19.0 Å². The lowest BCUT2D eigenvalue weighted by atomic mass is 9.98. The van der Waals surface area contributed by atoms with E-state index in [1.807, 2.05) is 26.0 Å². The second-order valence-corrected chi connectivity index (χ2v) is 3.53. The van der Waals surface area contributed by atoms with Gasteiger partial charge >= 0.3 is 0 Å². The summed E-state index contributed by atoms with van der Waals surface area (Å²) in [5.41, 5.74) is 9.67. The van der Waals surface area contributed by atoms with Crippen molar-refractivity contribution in [2.45, 2.75) is 13.8 Å². The number of aliphatic imine (C=N–C) groups is 1. The van der Waals surface area contributed by atoms with Gasteiger partial charge in [-0.2, -0.15) is 0 Å². The summed E-state index contributed by atoms with van der Waals surface area (Å²) in [6, 6.07) is 5.99. The molecule has 0 fully saturated rings. The monoisotopic (exact) mass is 229 g/mol. The van der Waals surface area contributed by atoms with Crippen molar-refractivity contribution in [1.29, 1.82) is 0 Å². The van der Waals surface area contributed by atoms with Crippen molar-refractivity contribution < 1.29 is 4.79 Å². The van der Waals surface area contributed by atoms with E-state index >= 15 is 0 Å². The van der Waals surface area contributed by atoms with Crippen LogP contribution in [0.5, 0.6) is 0 Å². The zero-order chi connectivity index (χ0) is 12.8. The van der Waals surface area contributed by atoms with Crippen LogP contribution in [0.4, 0.5) is 5.69 Å². The van der Waals surface area contributed by atoms with Crippen molar-refractivity contribution in [3.8, 4) is 12.5 Å². The number of hydrazine groups is 1. The van der Waals surface area contributed by atoms with Gasteiger partial charge in [-0.15, -0.1) is 0 Å². The fourth-order valence-corrected chi connectivity index (χ4v) is 1.57. The Morgan fingerprint density at radius 2 is 2.12 bits per heavy atom. The lowest BCUT2D eigenvalue weighted by Crippen LogP contribution is -2.16. The minimum atomic E-state index is 0.446. The van der Waals surface area contributed by atoms with Gasteiger partial charge in [-0.25, -0.2) is 0 Å². The van der Waals surface area contributed by atoms with Crippen molar-refractivity contribution >= 4 is 17.7 Å². The highest BCUT2D eigenvalue weighted by Gasteiger charge is 2.09. The molecule has 0 aliphatic heterocycles. The number of carbonyl (C=O) groups is 1. The predicted octanol–water partition coefficient (Wildman–Crippen LogP) is 1.43. The van der Waals surface area contributed by atoms with Gasteiger partial charge < -0.3 is 0 Å². The van der Waals surface area contributed by atoms with Gasteiger partial charge in [0.2, 0.25) is 0 Å². The highest BCUT2D eigenvalue weighted by Crippen LogP contribution is 2.21. The average Bonchev–Trinajstić information content (AvgIpc) is 2.35. The molecule has 0 aromatic heterocycles. The molecular formula is C13H15N3O. The summed E-state index contributed by atoms with van der Waals surface area (Å²) in [7, 11) is 1.60. The van der Waals surface area contributed by atoms with Gasteiger partial charge in [0.15, 0.2) is 6.29 Å². The Kier molecular flexibility index (Phi) is 4.29. The van der Waals surface area contributed by atoms with E-state index in [1.54, 1.807) is 7.05 Å². The van der Waals surface area contributed by atoms with Gasteiger partial charge in [0.25, 0.3) is 0 Å². The number of hydrogen-bond acceptors (Lipinski definition) is 4. The number of terminal acetylenes is 1. The summed E-state index contributed by atoms with van der Waals surface area (Å²) in [6.07, 6.45) is 5.86. The molecule has 17 heavy (non-hydrogen) atoms. The summed E-state index contributed by atoms with van der Waals surface area (Å²) in [5, 5.41) is 0. The number of nitrogens with zero attached hydrogens (tertiary/aromatic N) is 1. The van der Waals surface area contributed by atoms with Gasteiger partial charge in [-0.3, -0.25) is 20.6 Å². The van der Waals surface area contributed by atoms with E-state index in [0.29, 0.717) is 5.71 Å². The molecule has 0 bridgehead atoms. The van der Waals surface area contributed by atoms with Crippen molar-refractivity contribution in [3.63, 3.8) is 0 Å². The molecule has 0 unspecified atom stereocenters. The predicted molar refractivity (Wildman–Crippen MR) is 70.0 cm³/mol. The number of nitrogens with one attached hydrogen (secondary N) is 2. The zero-order valence-corrected chi connectivity index (χ0v) is 10.2. The smallest absolute Gasteiger partial charge is 0.168 e. The molecule has 1 rings (SSSR count). The van der Waals surface area contributed by atoms with Crippen LogP contribution in [0.1, 0.15) is 16.7 Å². The third kappa shape index (κ3) is 2.64. The van der Waals surface area contributed by atoms with Gasteiger partial charge in [-0.05, 0) is 31.0 Å². The van der Waals surface area contributed by atoms with E-state index in [-0.39, 0.29) is 0 Å². The molecule has 0 radical (unpaired) electrons. The van der Waals surface area contributed by atoms with Gasteiger partial charge in [0.1, 0.15) is 5.71 Å². The molecule has 0 atom stereocenters. The first kappa shape index (κ1) is 12.8. The topological polar surface area (TPSA) is 53.5 Å². The minimum absolute atomic E-state index is 0.446. The summed E-state index contributed by atoms with van der Waals surface area (Å²) in [4.78, 5) is 14.8. The normalized spacial score (nSPS) is 10.6. The highest BCUT2D eigenvalue weighted by atomic mass is 16.1. The molecule has 0 spiro atoms. The van der Waals surface area contributed by atoms with Crippen LogP contribution in [0.25, 0.3) is 0 Å². The van der Waals surface area contributed by atoms with E-state index in [9.17, 15) is 4.79 Å². The Bertz CT molecular complexity index is 498. The third-order valence-electron chi connectivity index (χ3n) is 2.69. The van der Waals surface area contributed by atoms with Gasteiger partial charge in [0.05, 0.1) is 5.69 Å². The number of anilines is 1. The molecule has 2 N–H and O–H groups in total. The molecule has 88 valence electrons. The minimum Gasteiger partial charge on any atom is -0.296 e. The van der Waals surface area contributed by atoms with Gasteiger partial charge in [0, 0.05) is 18.7 Å². The number of aldehydes is 1. The Morgan fingerprint density at radius 1 is 1.41 bits per heavy atom. The summed E-state index contributed by atoms with van der Waals surface area (Å²) < 4.78 is 0. The quantitative estimate of drug-likeness (QED) is 0.270. The molecule has 0 saturated carbocycles. The Morgan fingerprint density at radius 3 is 2.65 bits per heavy atom. The Balaban J connectivity index is 3.20. The largest absolute Gasteiger partial charge is 0.296 e. The van der Waals surface area contributed by atoms with E-state index < -0.39 is 0 Å². The summed E-state index contributed by atoms with van der Waals surface area (Å²) in [6.45, 7) is 3.90. The molecule has 1 aromatic rings. The van der Waals surface area contributed by atoms with Crippen molar-refractivity contribution in [2.24, 2.45) is 4.99 Å². The summed E-state index contributed by atoms with van der Waals surface area (Å²) in [5.74, 6) is 0. The number of hydrogen-bond donors (Lipinski definition) is 2.